The number of ether oxygens (including phenoxy) is 1. The number of hydrogen-bond donors (Lipinski definition) is 1. The molecule has 0 amide bonds. The second-order valence-corrected chi connectivity index (χ2v) is 5.89. The zero-order valence-corrected chi connectivity index (χ0v) is 14.3. The van der Waals surface area contributed by atoms with Crippen molar-refractivity contribution in [1.29, 1.82) is 0 Å². The topological polar surface area (TPSA) is 51.5 Å². The molecule has 0 radical (unpaired) electrons. The number of anilines is 1. The first kappa shape index (κ1) is 16.2. The van der Waals surface area contributed by atoms with E-state index in [-0.39, 0.29) is 11.8 Å². The molecule has 1 aromatic carbocycles. The number of methoxy groups -OCH3 is 1. The van der Waals surface area contributed by atoms with Crippen LogP contribution < -0.4 is 5.32 Å². The average molecular weight is 393 g/mol. The van der Waals surface area contributed by atoms with E-state index in [0.29, 0.717) is 21.5 Å². The number of benzene rings is 1. The summed E-state index contributed by atoms with van der Waals surface area (Å²) in [5, 5.41) is 4.03. The van der Waals surface area contributed by atoms with E-state index >= 15 is 0 Å². The number of hydrogen-bond acceptors (Lipinski definition) is 4. The van der Waals surface area contributed by atoms with Crippen molar-refractivity contribution in [2.24, 2.45) is 0 Å². The lowest BCUT2D eigenvalue weighted by Crippen LogP contribution is -2.06. The third kappa shape index (κ3) is 3.54. The van der Waals surface area contributed by atoms with Crippen LogP contribution in [-0.2, 0) is 4.74 Å². The highest BCUT2D eigenvalue weighted by atomic mass is 79.9. The first-order valence-electron chi connectivity index (χ1n) is 6.02. The molecule has 0 aliphatic rings. The van der Waals surface area contributed by atoms with E-state index in [0.717, 1.165) is 4.47 Å². The quantitative estimate of drug-likeness (QED) is 0.565. The van der Waals surface area contributed by atoms with Crippen LogP contribution >= 0.6 is 39.1 Å². The first-order chi connectivity index (χ1) is 9.93. The van der Waals surface area contributed by atoms with Gasteiger partial charge in [-0.2, -0.15) is 0 Å². The van der Waals surface area contributed by atoms with Crippen molar-refractivity contribution in [2.45, 2.75) is 13.0 Å². The SMILES string of the molecule is COC(=O)c1ccc(C(C)Nc2ccc(Br)c(Cl)c2Cl)o1. The number of esters is 1. The van der Waals surface area contributed by atoms with E-state index in [1.807, 2.05) is 6.92 Å². The van der Waals surface area contributed by atoms with Gasteiger partial charge in [0.1, 0.15) is 5.76 Å². The lowest BCUT2D eigenvalue weighted by atomic mass is 10.2. The van der Waals surface area contributed by atoms with Gasteiger partial charge in [-0.05, 0) is 47.1 Å². The van der Waals surface area contributed by atoms with Crippen LogP contribution in [0.3, 0.4) is 0 Å². The minimum atomic E-state index is -0.516. The predicted octanol–water partition coefficient (Wildman–Crippen LogP) is 5.31. The van der Waals surface area contributed by atoms with Gasteiger partial charge in [0.05, 0.1) is 28.9 Å². The molecule has 0 fully saturated rings. The Morgan fingerprint density at radius 1 is 1.29 bits per heavy atom. The lowest BCUT2D eigenvalue weighted by molar-refractivity contribution is 0.0562. The van der Waals surface area contributed by atoms with Crippen LogP contribution in [0.2, 0.25) is 10.0 Å². The third-order valence-corrected chi connectivity index (χ3v) is 4.62. The average Bonchev–Trinajstić information content (AvgIpc) is 2.97. The van der Waals surface area contributed by atoms with Crippen LogP contribution in [0.1, 0.15) is 29.3 Å². The standard InChI is InChI=1S/C14H12BrCl2NO3/c1-7(10-5-6-11(21-10)14(19)20-2)18-9-4-3-8(15)12(16)13(9)17/h3-7,18H,1-2H3. The van der Waals surface area contributed by atoms with Crippen molar-refractivity contribution < 1.29 is 13.9 Å². The molecule has 0 saturated heterocycles. The van der Waals surface area contributed by atoms with Crippen LogP contribution in [0, 0.1) is 0 Å². The molecule has 1 unspecified atom stereocenters. The fourth-order valence-electron chi connectivity index (χ4n) is 1.74. The molecular weight excluding hydrogens is 381 g/mol. The molecule has 0 spiro atoms. The molecule has 1 atom stereocenters. The van der Waals surface area contributed by atoms with Crippen LogP contribution in [-0.4, -0.2) is 13.1 Å². The van der Waals surface area contributed by atoms with E-state index < -0.39 is 5.97 Å². The van der Waals surface area contributed by atoms with Gasteiger partial charge in [-0.3, -0.25) is 0 Å². The summed E-state index contributed by atoms with van der Waals surface area (Å²) in [6.07, 6.45) is 0. The van der Waals surface area contributed by atoms with Crippen molar-refractivity contribution >= 4 is 50.8 Å². The van der Waals surface area contributed by atoms with Gasteiger partial charge in [0, 0.05) is 4.47 Å². The smallest absolute Gasteiger partial charge is 0.373 e. The molecule has 2 aromatic rings. The molecule has 1 N–H and O–H groups in total. The molecule has 1 aromatic heterocycles. The zero-order chi connectivity index (χ0) is 15.6. The van der Waals surface area contributed by atoms with Crippen LogP contribution in [0.15, 0.2) is 33.2 Å². The predicted molar refractivity (Wildman–Crippen MR) is 86.2 cm³/mol. The van der Waals surface area contributed by atoms with Crippen molar-refractivity contribution in [1.82, 2.24) is 0 Å². The van der Waals surface area contributed by atoms with Crippen molar-refractivity contribution in [3.63, 3.8) is 0 Å². The molecule has 112 valence electrons. The molecule has 21 heavy (non-hydrogen) atoms. The highest BCUT2D eigenvalue weighted by Crippen LogP contribution is 2.37. The molecular formula is C14H12BrCl2NO3. The van der Waals surface area contributed by atoms with Gasteiger partial charge in [0.25, 0.3) is 0 Å². The third-order valence-electron chi connectivity index (χ3n) is 2.85. The van der Waals surface area contributed by atoms with Gasteiger partial charge in [0.15, 0.2) is 0 Å². The summed E-state index contributed by atoms with van der Waals surface area (Å²) < 4.78 is 10.8. The van der Waals surface area contributed by atoms with E-state index in [1.165, 1.54) is 7.11 Å². The second kappa shape index (κ2) is 6.73. The van der Waals surface area contributed by atoms with E-state index in [4.69, 9.17) is 27.6 Å². The number of halogens is 3. The highest BCUT2D eigenvalue weighted by molar-refractivity contribution is 9.10. The van der Waals surface area contributed by atoms with Gasteiger partial charge < -0.3 is 14.5 Å². The Morgan fingerprint density at radius 3 is 2.67 bits per heavy atom. The number of carbonyl (C=O) groups excluding carboxylic acids is 1. The van der Waals surface area contributed by atoms with E-state index in [9.17, 15) is 4.79 Å². The van der Waals surface area contributed by atoms with Gasteiger partial charge in [0.2, 0.25) is 5.76 Å². The number of carbonyl (C=O) groups is 1. The molecule has 2 rings (SSSR count). The van der Waals surface area contributed by atoms with Gasteiger partial charge in [-0.15, -0.1) is 0 Å². The fraction of sp³-hybridized carbons (Fsp3) is 0.214. The highest BCUT2D eigenvalue weighted by Gasteiger charge is 2.17. The van der Waals surface area contributed by atoms with Crippen LogP contribution in [0.5, 0.6) is 0 Å². The second-order valence-electron chi connectivity index (χ2n) is 4.28. The van der Waals surface area contributed by atoms with Gasteiger partial charge >= 0.3 is 5.97 Å². The lowest BCUT2D eigenvalue weighted by Gasteiger charge is -2.15. The molecule has 0 saturated carbocycles. The fourth-order valence-corrected chi connectivity index (χ4v) is 2.57. The molecule has 0 bridgehead atoms. The number of nitrogens with one attached hydrogen (secondary N) is 1. The number of furan rings is 1. The summed E-state index contributed by atoms with van der Waals surface area (Å²) in [5.41, 5.74) is 0.674. The first-order valence-corrected chi connectivity index (χ1v) is 7.57. The van der Waals surface area contributed by atoms with Crippen LogP contribution in [0.4, 0.5) is 5.69 Å². The summed E-state index contributed by atoms with van der Waals surface area (Å²) in [7, 11) is 1.30. The summed E-state index contributed by atoms with van der Waals surface area (Å²) in [4.78, 5) is 11.4. The summed E-state index contributed by atoms with van der Waals surface area (Å²) in [5.74, 6) is 0.227. The molecule has 0 aliphatic carbocycles. The number of rotatable bonds is 4. The minimum Gasteiger partial charge on any atom is -0.463 e. The molecule has 4 nitrogen and oxygen atoms in total. The van der Waals surface area contributed by atoms with E-state index in [1.54, 1.807) is 24.3 Å². The Balaban J connectivity index is 2.18. The van der Waals surface area contributed by atoms with Crippen molar-refractivity contribution in [3.05, 3.63) is 50.3 Å². The Bertz CT molecular complexity index is 672. The Morgan fingerprint density at radius 2 is 2.00 bits per heavy atom. The van der Waals surface area contributed by atoms with Crippen molar-refractivity contribution in [3.8, 4) is 0 Å². The summed E-state index contributed by atoms with van der Waals surface area (Å²) in [6.45, 7) is 1.88. The largest absolute Gasteiger partial charge is 0.463 e. The molecule has 1 heterocycles. The molecule has 7 heteroatoms. The summed E-state index contributed by atoms with van der Waals surface area (Å²) in [6, 6.07) is 6.68. The molecule has 0 aliphatic heterocycles. The van der Waals surface area contributed by atoms with E-state index in [2.05, 4.69) is 26.0 Å². The Kier molecular flexibility index (Phi) is 5.19. The minimum absolute atomic E-state index is 0.154. The Hall–Kier alpha value is -1.17. The maximum Gasteiger partial charge on any atom is 0.373 e. The van der Waals surface area contributed by atoms with Gasteiger partial charge in [-0.25, -0.2) is 4.79 Å². The van der Waals surface area contributed by atoms with Crippen molar-refractivity contribution in [2.75, 3.05) is 12.4 Å². The Labute approximate surface area is 140 Å². The van der Waals surface area contributed by atoms with Gasteiger partial charge in [-0.1, -0.05) is 23.2 Å². The maximum absolute atomic E-state index is 11.4. The summed E-state index contributed by atoms with van der Waals surface area (Å²) >= 11 is 15.6. The van der Waals surface area contributed by atoms with Crippen LogP contribution in [0.25, 0.3) is 0 Å². The monoisotopic (exact) mass is 391 g/mol. The normalized spacial score (nSPS) is 12.0. The maximum atomic E-state index is 11.4. The zero-order valence-electron chi connectivity index (χ0n) is 11.2.